The number of esters is 1. The van der Waals surface area contributed by atoms with Crippen molar-refractivity contribution in [3.63, 3.8) is 0 Å². The van der Waals surface area contributed by atoms with Crippen molar-refractivity contribution < 1.29 is 24.1 Å². The molecule has 6 atom stereocenters. The number of benzene rings is 1. The summed E-state index contributed by atoms with van der Waals surface area (Å²) < 4.78 is 18.3. The number of likely N-dealkylation sites (N-methyl/N-ethyl adjacent to an activating group) is 1. The number of carbonyl (C=O) groups excluding carboxylic acids is 1. The fraction of sp³-hybridized carbons (Fsp3) is 0.750. The molecule has 5 rings (SSSR count). The van der Waals surface area contributed by atoms with E-state index in [4.69, 9.17) is 14.2 Å². The summed E-state index contributed by atoms with van der Waals surface area (Å²) in [6, 6.07) is 1.73. The first-order valence-corrected chi connectivity index (χ1v) is 13.3. The molecule has 7 nitrogen and oxygen atoms in total. The predicted molar refractivity (Wildman–Crippen MR) is 134 cm³/mol. The second kappa shape index (κ2) is 8.55. The van der Waals surface area contributed by atoms with Crippen molar-refractivity contribution in [2.45, 2.75) is 102 Å². The van der Waals surface area contributed by atoms with E-state index in [1.54, 1.807) is 13.2 Å². The van der Waals surface area contributed by atoms with Gasteiger partial charge in [0.1, 0.15) is 23.5 Å². The summed E-state index contributed by atoms with van der Waals surface area (Å²) in [5, 5.41) is 14.7. The fourth-order valence-electron chi connectivity index (χ4n) is 7.48. The van der Waals surface area contributed by atoms with Crippen molar-refractivity contribution in [3.8, 4) is 17.2 Å². The molecule has 4 aliphatic rings. The molecule has 0 radical (unpaired) electrons. The summed E-state index contributed by atoms with van der Waals surface area (Å²) in [4.78, 5) is 15.7. The molecule has 1 aromatic carbocycles. The average molecular weight is 487 g/mol. The van der Waals surface area contributed by atoms with Crippen molar-refractivity contribution in [1.29, 1.82) is 0 Å². The number of hydrogen-bond donors (Lipinski definition) is 2. The van der Waals surface area contributed by atoms with Crippen molar-refractivity contribution >= 4 is 5.97 Å². The van der Waals surface area contributed by atoms with Crippen molar-refractivity contribution in [2.75, 3.05) is 20.7 Å². The van der Waals surface area contributed by atoms with Gasteiger partial charge < -0.3 is 24.2 Å². The van der Waals surface area contributed by atoms with Gasteiger partial charge in [-0.3, -0.25) is 10.1 Å². The van der Waals surface area contributed by atoms with Gasteiger partial charge in [-0.2, -0.15) is 0 Å². The zero-order valence-electron chi connectivity index (χ0n) is 22.3. The number of nitrogens with one attached hydrogen (secondary N) is 1. The van der Waals surface area contributed by atoms with Gasteiger partial charge in [-0.15, -0.1) is 0 Å². The molecule has 194 valence electrons. The molecule has 2 fully saturated rings. The maximum atomic E-state index is 13.2. The molecule has 2 N–H and O–H groups in total. The van der Waals surface area contributed by atoms with Crippen LogP contribution in [0.1, 0.15) is 71.4 Å². The van der Waals surface area contributed by atoms with Crippen LogP contribution in [0.25, 0.3) is 0 Å². The van der Waals surface area contributed by atoms with Gasteiger partial charge in [0.2, 0.25) is 0 Å². The summed E-state index contributed by atoms with van der Waals surface area (Å²) in [6.07, 6.45) is 4.45. The van der Waals surface area contributed by atoms with E-state index in [1.165, 1.54) is 5.56 Å². The molecule has 1 aromatic rings. The molecule has 1 saturated carbocycles. The van der Waals surface area contributed by atoms with Crippen LogP contribution in [-0.4, -0.2) is 66.5 Å². The van der Waals surface area contributed by atoms with Crippen molar-refractivity contribution in [1.82, 2.24) is 10.2 Å². The van der Waals surface area contributed by atoms with Crippen molar-refractivity contribution in [3.05, 3.63) is 17.2 Å². The number of ether oxygens (including phenoxy) is 3. The Morgan fingerprint density at radius 3 is 2.74 bits per heavy atom. The quantitative estimate of drug-likeness (QED) is 0.592. The predicted octanol–water partition coefficient (Wildman–Crippen LogP) is 3.78. The van der Waals surface area contributed by atoms with Crippen LogP contribution in [0.2, 0.25) is 0 Å². The summed E-state index contributed by atoms with van der Waals surface area (Å²) in [7, 11) is 3.91. The van der Waals surface area contributed by atoms with Crippen LogP contribution in [0.4, 0.5) is 0 Å². The monoisotopic (exact) mass is 486 g/mol. The maximum Gasteiger partial charge on any atom is 0.323 e. The Balaban J connectivity index is 1.53. The number of piperidine rings is 1. The lowest BCUT2D eigenvalue weighted by Crippen LogP contribution is -2.69. The third-order valence-corrected chi connectivity index (χ3v) is 8.72. The Kier molecular flexibility index (Phi) is 6.03. The number of phenolic OH excluding ortho intramolecular Hbond substituents is 1. The van der Waals surface area contributed by atoms with Crippen LogP contribution in [0.5, 0.6) is 17.2 Å². The molecule has 35 heavy (non-hydrogen) atoms. The minimum Gasteiger partial charge on any atom is -0.504 e. The topological polar surface area (TPSA) is 80.3 Å². The van der Waals surface area contributed by atoms with E-state index in [9.17, 15) is 9.90 Å². The van der Waals surface area contributed by atoms with Crippen LogP contribution in [0, 0.1) is 11.8 Å². The molecule has 7 heteroatoms. The third-order valence-electron chi connectivity index (χ3n) is 8.72. The van der Waals surface area contributed by atoms with E-state index in [0.29, 0.717) is 30.0 Å². The lowest BCUT2D eigenvalue weighted by molar-refractivity contribution is -0.159. The van der Waals surface area contributed by atoms with E-state index in [1.807, 2.05) is 20.8 Å². The first-order valence-electron chi connectivity index (χ1n) is 13.3. The first-order chi connectivity index (χ1) is 16.5. The summed E-state index contributed by atoms with van der Waals surface area (Å²) in [5.41, 5.74) is 1.63. The SMILES string of the molecule is COc1cc(O)c2c3c1C[C@@H]1[C@@H]4CC[C@@H](N[C@@H](CC(C)C)C(=O)OC(C)(C)C)[C@H](O2)[C@]34CCN1C. The third kappa shape index (κ3) is 3.90. The minimum absolute atomic E-state index is 0.00433. The van der Waals surface area contributed by atoms with Gasteiger partial charge in [0.05, 0.1) is 7.11 Å². The normalized spacial score (nSPS) is 32.1. The van der Waals surface area contributed by atoms with Crippen LogP contribution in [0.15, 0.2) is 6.07 Å². The van der Waals surface area contributed by atoms with Crippen LogP contribution < -0.4 is 14.8 Å². The van der Waals surface area contributed by atoms with Gasteiger partial charge in [-0.25, -0.2) is 0 Å². The van der Waals surface area contributed by atoms with E-state index in [-0.39, 0.29) is 29.3 Å². The lowest BCUT2D eigenvalue weighted by atomic mass is 9.51. The van der Waals surface area contributed by atoms with E-state index < -0.39 is 11.6 Å². The van der Waals surface area contributed by atoms with Gasteiger partial charge in [-0.1, -0.05) is 13.8 Å². The number of hydrogen-bond acceptors (Lipinski definition) is 7. The molecule has 1 spiro atoms. The molecule has 2 aliphatic carbocycles. The van der Waals surface area contributed by atoms with E-state index >= 15 is 0 Å². The molecule has 2 aliphatic heterocycles. The molecular formula is C28H42N2O5. The van der Waals surface area contributed by atoms with Gasteiger partial charge in [-0.05, 0) is 78.3 Å². The maximum absolute atomic E-state index is 13.2. The number of aromatic hydroxyl groups is 1. The molecule has 2 bridgehead atoms. The molecule has 0 amide bonds. The highest BCUT2D eigenvalue weighted by Crippen LogP contribution is 2.65. The smallest absolute Gasteiger partial charge is 0.323 e. The number of carbonyl (C=O) groups is 1. The fourth-order valence-corrected chi connectivity index (χ4v) is 7.48. The Hall–Kier alpha value is -1.99. The number of rotatable bonds is 6. The van der Waals surface area contributed by atoms with Gasteiger partial charge >= 0.3 is 5.97 Å². The highest BCUT2D eigenvalue weighted by atomic mass is 16.6. The van der Waals surface area contributed by atoms with E-state index in [2.05, 4.69) is 31.1 Å². The Bertz CT molecular complexity index is 1000. The van der Waals surface area contributed by atoms with Gasteiger partial charge in [0.15, 0.2) is 11.5 Å². The Labute approximate surface area is 209 Å². The molecule has 0 aromatic heterocycles. The Morgan fingerprint density at radius 1 is 1.34 bits per heavy atom. The zero-order valence-corrected chi connectivity index (χ0v) is 22.3. The molecular weight excluding hydrogens is 444 g/mol. The number of likely N-dealkylation sites (tertiary alicyclic amines) is 1. The van der Waals surface area contributed by atoms with Gasteiger partial charge in [0, 0.05) is 34.7 Å². The average Bonchev–Trinajstić information content (AvgIpc) is 3.11. The first kappa shape index (κ1) is 24.7. The standard InChI is InChI=1S/C28H42N2O5/c1-15(2)12-19(26(32)35-27(3,4)5)29-18-9-8-17-20-13-16-22(33-7)14-21(31)24-23(16)28(17,25(18)34-24)10-11-30(20)6/h14-15,17-20,25,29,31H,8-13H2,1-7H3/t17-,18+,19-,20+,25-,28-/m0/s1. The highest BCUT2D eigenvalue weighted by Gasteiger charge is 2.66. The van der Waals surface area contributed by atoms with Crippen LogP contribution >= 0.6 is 0 Å². The molecule has 1 saturated heterocycles. The molecule has 2 heterocycles. The van der Waals surface area contributed by atoms with Crippen LogP contribution in [0.3, 0.4) is 0 Å². The summed E-state index contributed by atoms with van der Waals surface area (Å²) in [5.74, 6) is 2.14. The number of nitrogens with zero attached hydrogens (tertiary/aromatic N) is 1. The van der Waals surface area contributed by atoms with Crippen molar-refractivity contribution in [2.24, 2.45) is 11.8 Å². The number of phenols is 1. The lowest BCUT2D eigenvalue weighted by Gasteiger charge is -2.59. The number of methoxy groups -OCH3 is 1. The van der Waals surface area contributed by atoms with Crippen LogP contribution in [-0.2, 0) is 21.4 Å². The second-order valence-electron chi connectivity index (χ2n) is 12.5. The summed E-state index contributed by atoms with van der Waals surface area (Å²) >= 11 is 0. The highest BCUT2D eigenvalue weighted by molar-refractivity contribution is 5.76. The largest absolute Gasteiger partial charge is 0.504 e. The minimum atomic E-state index is -0.535. The Morgan fingerprint density at radius 2 is 2.09 bits per heavy atom. The zero-order chi connectivity index (χ0) is 25.3. The van der Waals surface area contributed by atoms with E-state index in [0.717, 1.165) is 43.5 Å². The second-order valence-corrected chi connectivity index (χ2v) is 12.5. The molecule has 0 unspecified atom stereocenters. The summed E-state index contributed by atoms with van der Waals surface area (Å²) in [6.45, 7) is 11.0. The van der Waals surface area contributed by atoms with Gasteiger partial charge in [0.25, 0.3) is 0 Å².